The quantitative estimate of drug-likeness (QED) is 0.840. The van der Waals surface area contributed by atoms with Gasteiger partial charge in [0.25, 0.3) is 0 Å². The van der Waals surface area contributed by atoms with E-state index in [9.17, 15) is 9.59 Å². The van der Waals surface area contributed by atoms with Crippen LogP contribution in [0.3, 0.4) is 0 Å². The molecule has 1 fully saturated rings. The zero-order chi connectivity index (χ0) is 19.4. The maximum Gasteiger partial charge on any atom is 0.246 e. The van der Waals surface area contributed by atoms with Gasteiger partial charge in [0.2, 0.25) is 17.8 Å². The second-order valence-corrected chi connectivity index (χ2v) is 8.46. The molecule has 1 aliphatic rings. The van der Waals surface area contributed by atoms with Crippen LogP contribution < -0.4 is 10.6 Å². The van der Waals surface area contributed by atoms with Crippen LogP contribution in [-0.2, 0) is 15.1 Å². The number of imidazole rings is 1. The van der Waals surface area contributed by atoms with E-state index in [4.69, 9.17) is 0 Å². The number of benzene rings is 1. The molecule has 0 radical (unpaired) electrons. The molecule has 0 spiro atoms. The molecule has 0 atom stereocenters. The summed E-state index contributed by atoms with van der Waals surface area (Å²) < 4.78 is 2.02. The van der Waals surface area contributed by atoms with E-state index in [1.54, 1.807) is 0 Å². The van der Waals surface area contributed by atoms with Crippen molar-refractivity contribution in [3.8, 4) is 0 Å². The fraction of sp³-hybridized carbons (Fsp3) is 0.571. The zero-order valence-corrected chi connectivity index (χ0v) is 16.5. The summed E-state index contributed by atoms with van der Waals surface area (Å²) >= 11 is 0. The van der Waals surface area contributed by atoms with Crippen molar-refractivity contribution in [2.45, 2.75) is 64.8 Å². The standard InChI is InChI=1S/C21H30N4O2/c1-21(2,3)25-17-12-8-7-11-16(17)23-20(25)24-19(27)14-22-18(26)13-15-9-5-4-6-10-15/h7-8,11-12,15H,4-6,9-10,13-14H2,1-3H3,(H,22,26)(H,23,24,27). The third-order valence-corrected chi connectivity index (χ3v) is 5.13. The average Bonchev–Trinajstić information content (AvgIpc) is 2.99. The predicted molar refractivity (Wildman–Crippen MR) is 108 cm³/mol. The lowest BCUT2D eigenvalue weighted by Crippen LogP contribution is -2.35. The van der Waals surface area contributed by atoms with Gasteiger partial charge in [-0.25, -0.2) is 4.98 Å². The molecule has 2 N–H and O–H groups in total. The number of amides is 2. The molecule has 0 saturated heterocycles. The molecule has 2 aromatic rings. The summed E-state index contributed by atoms with van der Waals surface area (Å²) in [7, 11) is 0. The number of carbonyl (C=O) groups excluding carboxylic acids is 2. The van der Waals surface area contributed by atoms with Crippen molar-refractivity contribution >= 4 is 28.8 Å². The van der Waals surface area contributed by atoms with Crippen molar-refractivity contribution in [3.05, 3.63) is 24.3 Å². The first-order chi connectivity index (χ1) is 12.8. The summed E-state index contributed by atoms with van der Waals surface area (Å²) in [5.74, 6) is 0.677. The molecule has 1 aromatic heterocycles. The Bertz CT molecular complexity index is 813. The molecule has 1 saturated carbocycles. The molecule has 0 unspecified atom stereocenters. The van der Waals surface area contributed by atoms with Gasteiger partial charge in [-0.05, 0) is 51.7 Å². The van der Waals surface area contributed by atoms with Crippen molar-refractivity contribution < 1.29 is 9.59 Å². The smallest absolute Gasteiger partial charge is 0.246 e. The number of anilines is 1. The van der Waals surface area contributed by atoms with E-state index in [-0.39, 0.29) is 23.9 Å². The Hall–Kier alpha value is -2.37. The lowest BCUT2D eigenvalue weighted by atomic mass is 9.87. The van der Waals surface area contributed by atoms with Gasteiger partial charge in [-0.15, -0.1) is 0 Å². The van der Waals surface area contributed by atoms with Crippen LogP contribution in [-0.4, -0.2) is 27.9 Å². The van der Waals surface area contributed by atoms with Gasteiger partial charge in [0, 0.05) is 12.0 Å². The Morgan fingerprint density at radius 2 is 1.81 bits per heavy atom. The fourth-order valence-electron chi connectivity index (χ4n) is 3.86. The zero-order valence-electron chi connectivity index (χ0n) is 16.5. The van der Waals surface area contributed by atoms with Gasteiger partial charge in [0.1, 0.15) is 0 Å². The van der Waals surface area contributed by atoms with Gasteiger partial charge < -0.3 is 9.88 Å². The number of fused-ring (bicyclic) bond motifs is 1. The van der Waals surface area contributed by atoms with E-state index in [2.05, 4.69) is 36.4 Å². The van der Waals surface area contributed by atoms with Crippen LogP contribution >= 0.6 is 0 Å². The van der Waals surface area contributed by atoms with E-state index in [0.29, 0.717) is 18.3 Å². The summed E-state index contributed by atoms with van der Waals surface area (Å²) in [4.78, 5) is 29.1. The topological polar surface area (TPSA) is 76.0 Å². The molecule has 6 heteroatoms. The largest absolute Gasteiger partial charge is 0.347 e. The molecule has 3 rings (SSSR count). The molecule has 1 aromatic carbocycles. The van der Waals surface area contributed by atoms with E-state index in [1.165, 1.54) is 19.3 Å². The SMILES string of the molecule is CC(C)(C)n1c(NC(=O)CNC(=O)CC2CCCCC2)nc2ccccc21. The van der Waals surface area contributed by atoms with Crippen LogP contribution in [0.4, 0.5) is 5.95 Å². The number of hydrogen-bond donors (Lipinski definition) is 2. The summed E-state index contributed by atoms with van der Waals surface area (Å²) in [6, 6.07) is 7.82. The maximum atomic E-state index is 12.4. The molecule has 2 amide bonds. The Balaban J connectivity index is 1.61. The minimum absolute atomic E-state index is 0.0289. The van der Waals surface area contributed by atoms with Crippen LogP contribution in [0.15, 0.2) is 24.3 Å². The van der Waals surface area contributed by atoms with E-state index in [0.717, 1.165) is 23.9 Å². The summed E-state index contributed by atoms with van der Waals surface area (Å²) in [5, 5.41) is 5.62. The number of nitrogens with one attached hydrogen (secondary N) is 2. The van der Waals surface area contributed by atoms with Gasteiger partial charge in [-0.2, -0.15) is 0 Å². The minimum atomic E-state index is -0.257. The number of carbonyl (C=O) groups is 2. The first-order valence-electron chi connectivity index (χ1n) is 9.89. The monoisotopic (exact) mass is 370 g/mol. The minimum Gasteiger partial charge on any atom is -0.347 e. The Kier molecular flexibility index (Phi) is 5.82. The highest BCUT2D eigenvalue weighted by atomic mass is 16.2. The fourth-order valence-corrected chi connectivity index (χ4v) is 3.86. The van der Waals surface area contributed by atoms with Crippen molar-refractivity contribution in [2.75, 3.05) is 11.9 Å². The number of rotatable bonds is 5. The number of para-hydroxylation sites is 2. The molecule has 6 nitrogen and oxygen atoms in total. The highest BCUT2D eigenvalue weighted by Gasteiger charge is 2.23. The van der Waals surface area contributed by atoms with E-state index >= 15 is 0 Å². The Labute approximate surface area is 160 Å². The van der Waals surface area contributed by atoms with Gasteiger partial charge in [-0.3, -0.25) is 14.9 Å². The number of aromatic nitrogens is 2. The lowest BCUT2D eigenvalue weighted by molar-refractivity contribution is -0.125. The second kappa shape index (κ2) is 8.11. The predicted octanol–water partition coefficient (Wildman–Crippen LogP) is 3.82. The summed E-state index contributed by atoms with van der Waals surface area (Å²) in [6.45, 7) is 6.19. The van der Waals surface area contributed by atoms with Crippen LogP contribution in [0.5, 0.6) is 0 Å². The molecule has 1 heterocycles. The second-order valence-electron chi connectivity index (χ2n) is 8.46. The van der Waals surface area contributed by atoms with Crippen LogP contribution in [0, 0.1) is 5.92 Å². The van der Waals surface area contributed by atoms with E-state index < -0.39 is 0 Å². The normalized spacial score (nSPS) is 15.7. The third kappa shape index (κ3) is 4.87. The van der Waals surface area contributed by atoms with Gasteiger partial charge >= 0.3 is 0 Å². The lowest BCUT2D eigenvalue weighted by Gasteiger charge is -2.24. The van der Waals surface area contributed by atoms with Crippen LogP contribution in [0.1, 0.15) is 59.3 Å². The van der Waals surface area contributed by atoms with Gasteiger partial charge in [-0.1, -0.05) is 31.4 Å². The summed E-state index contributed by atoms with van der Waals surface area (Å²) in [5.41, 5.74) is 1.58. The van der Waals surface area contributed by atoms with Crippen molar-refractivity contribution in [1.29, 1.82) is 0 Å². The molecule has 1 aliphatic carbocycles. The summed E-state index contributed by atoms with van der Waals surface area (Å²) in [6.07, 6.45) is 6.45. The molecular weight excluding hydrogens is 340 g/mol. The molecule has 0 aliphatic heterocycles. The van der Waals surface area contributed by atoms with Crippen molar-refractivity contribution in [2.24, 2.45) is 5.92 Å². The molecule has 0 bridgehead atoms. The first kappa shape index (κ1) is 19.4. The molecular formula is C21H30N4O2. The van der Waals surface area contributed by atoms with Crippen molar-refractivity contribution in [1.82, 2.24) is 14.9 Å². The Morgan fingerprint density at radius 1 is 1.11 bits per heavy atom. The van der Waals surface area contributed by atoms with Gasteiger partial charge in [0.15, 0.2) is 0 Å². The number of hydrogen-bond acceptors (Lipinski definition) is 3. The van der Waals surface area contributed by atoms with E-state index in [1.807, 2.05) is 28.8 Å². The Morgan fingerprint density at radius 3 is 2.52 bits per heavy atom. The van der Waals surface area contributed by atoms with Crippen molar-refractivity contribution in [3.63, 3.8) is 0 Å². The number of nitrogens with zero attached hydrogens (tertiary/aromatic N) is 2. The maximum absolute atomic E-state index is 12.4. The van der Waals surface area contributed by atoms with Crippen LogP contribution in [0.2, 0.25) is 0 Å². The first-order valence-corrected chi connectivity index (χ1v) is 9.89. The van der Waals surface area contributed by atoms with Crippen LogP contribution in [0.25, 0.3) is 11.0 Å². The third-order valence-electron chi connectivity index (χ3n) is 5.13. The highest BCUT2D eigenvalue weighted by Crippen LogP contribution is 2.28. The van der Waals surface area contributed by atoms with Gasteiger partial charge in [0.05, 0.1) is 17.6 Å². The molecule has 146 valence electrons. The average molecular weight is 370 g/mol. The highest BCUT2D eigenvalue weighted by molar-refractivity contribution is 5.95. The molecule has 27 heavy (non-hydrogen) atoms.